The molecule has 0 spiro atoms. The lowest BCUT2D eigenvalue weighted by Gasteiger charge is -2.04. The number of benzene rings is 1. The molecule has 0 saturated carbocycles. The van der Waals surface area contributed by atoms with Crippen LogP contribution in [0.4, 0.5) is 0 Å². The van der Waals surface area contributed by atoms with Crippen LogP contribution >= 0.6 is 11.3 Å². The molecule has 2 rings (SSSR count). The molecule has 1 aromatic carbocycles. The molecule has 17 heavy (non-hydrogen) atoms. The second kappa shape index (κ2) is 5.64. The van der Waals surface area contributed by atoms with E-state index in [0.29, 0.717) is 0 Å². The van der Waals surface area contributed by atoms with E-state index in [0.717, 1.165) is 24.1 Å². The minimum atomic E-state index is 0.00344. The fraction of sp³-hybridized carbons (Fsp3) is 0.214. The molecule has 2 nitrogen and oxygen atoms in total. The summed E-state index contributed by atoms with van der Waals surface area (Å²) in [5.74, 6) is 0.00344. The van der Waals surface area contributed by atoms with Gasteiger partial charge in [0.2, 0.25) is 0 Å². The van der Waals surface area contributed by atoms with Crippen molar-refractivity contribution in [3.63, 3.8) is 0 Å². The van der Waals surface area contributed by atoms with Crippen LogP contribution in [0.5, 0.6) is 0 Å². The summed E-state index contributed by atoms with van der Waals surface area (Å²) in [6.07, 6.45) is 0.957. The maximum absolute atomic E-state index is 11.7. The highest BCUT2D eigenvalue weighted by Gasteiger charge is 2.04. The van der Waals surface area contributed by atoms with Crippen LogP contribution < -0.4 is 5.32 Å². The van der Waals surface area contributed by atoms with Gasteiger partial charge in [0, 0.05) is 12.1 Å². The first kappa shape index (κ1) is 11.9. The number of carbonyl (C=O) groups excluding carboxylic acids is 1. The van der Waals surface area contributed by atoms with Gasteiger partial charge in [0.1, 0.15) is 0 Å². The smallest absolute Gasteiger partial charge is 0.251 e. The lowest BCUT2D eigenvalue weighted by molar-refractivity contribution is 0.0953. The van der Waals surface area contributed by atoms with Crippen LogP contribution in [0.2, 0.25) is 0 Å². The van der Waals surface area contributed by atoms with Crippen LogP contribution in [0.3, 0.4) is 0 Å². The summed E-state index contributed by atoms with van der Waals surface area (Å²) in [5, 5.41) is 7.02. The molecule has 1 amide bonds. The molecule has 2 aromatic rings. The second-order valence-electron chi connectivity index (χ2n) is 3.85. The highest BCUT2D eigenvalue weighted by molar-refractivity contribution is 7.08. The van der Waals surface area contributed by atoms with Gasteiger partial charge in [-0.3, -0.25) is 4.79 Å². The number of hydrogen-bond acceptors (Lipinski definition) is 2. The standard InChI is InChI=1S/C14H15NOS/c1-2-8-15-14(16)12-5-3-11(4-6-12)13-7-9-17-10-13/h3-7,9-10H,2,8H2,1H3,(H,15,16). The second-order valence-corrected chi connectivity index (χ2v) is 4.63. The Labute approximate surface area is 105 Å². The Morgan fingerprint density at radius 1 is 1.18 bits per heavy atom. The monoisotopic (exact) mass is 245 g/mol. The lowest BCUT2D eigenvalue weighted by Crippen LogP contribution is -2.23. The van der Waals surface area contributed by atoms with Gasteiger partial charge in [0.05, 0.1) is 0 Å². The van der Waals surface area contributed by atoms with Gasteiger partial charge in [-0.2, -0.15) is 11.3 Å². The van der Waals surface area contributed by atoms with Crippen molar-refractivity contribution in [3.8, 4) is 11.1 Å². The quantitative estimate of drug-likeness (QED) is 0.876. The first-order valence-electron chi connectivity index (χ1n) is 5.72. The highest BCUT2D eigenvalue weighted by Crippen LogP contribution is 2.22. The van der Waals surface area contributed by atoms with E-state index in [4.69, 9.17) is 0 Å². The molecule has 0 atom stereocenters. The molecular formula is C14H15NOS. The molecule has 3 heteroatoms. The molecule has 0 radical (unpaired) electrons. The molecule has 0 aliphatic heterocycles. The summed E-state index contributed by atoms with van der Waals surface area (Å²) in [6, 6.07) is 9.80. The molecule has 0 aliphatic rings. The van der Waals surface area contributed by atoms with Gasteiger partial charge >= 0.3 is 0 Å². The Morgan fingerprint density at radius 3 is 2.53 bits per heavy atom. The van der Waals surface area contributed by atoms with E-state index in [9.17, 15) is 4.79 Å². The van der Waals surface area contributed by atoms with Crippen molar-refractivity contribution in [2.75, 3.05) is 6.54 Å². The van der Waals surface area contributed by atoms with Crippen LogP contribution in [0.1, 0.15) is 23.7 Å². The third-order valence-corrected chi connectivity index (χ3v) is 3.22. The summed E-state index contributed by atoms with van der Waals surface area (Å²) in [6.45, 7) is 2.77. The molecule has 0 unspecified atom stereocenters. The number of nitrogens with one attached hydrogen (secondary N) is 1. The van der Waals surface area contributed by atoms with Crippen molar-refractivity contribution in [1.82, 2.24) is 5.32 Å². The van der Waals surface area contributed by atoms with Gasteiger partial charge in [-0.15, -0.1) is 0 Å². The predicted octanol–water partition coefficient (Wildman–Crippen LogP) is 3.55. The summed E-state index contributed by atoms with van der Waals surface area (Å²) in [4.78, 5) is 11.7. The van der Waals surface area contributed by atoms with Crippen molar-refractivity contribution in [2.45, 2.75) is 13.3 Å². The first-order valence-corrected chi connectivity index (χ1v) is 6.66. The van der Waals surface area contributed by atoms with E-state index < -0.39 is 0 Å². The molecule has 0 fully saturated rings. The average molecular weight is 245 g/mol. The van der Waals surface area contributed by atoms with Gasteiger partial charge in [0.15, 0.2) is 0 Å². The Kier molecular flexibility index (Phi) is 3.94. The molecular weight excluding hydrogens is 230 g/mol. The molecule has 0 bridgehead atoms. The van der Waals surface area contributed by atoms with Crippen LogP contribution in [0, 0.1) is 0 Å². The SMILES string of the molecule is CCCNC(=O)c1ccc(-c2ccsc2)cc1. The normalized spacial score (nSPS) is 10.2. The van der Waals surface area contributed by atoms with Crippen LogP contribution in [0.25, 0.3) is 11.1 Å². The van der Waals surface area contributed by atoms with E-state index in [2.05, 4.69) is 22.1 Å². The zero-order valence-electron chi connectivity index (χ0n) is 9.77. The third kappa shape index (κ3) is 2.94. The summed E-state index contributed by atoms with van der Waals surface area (Å²) in [5.41, 5.74) is 3.08. The van der Waals surface area contributed by atoms with E-state index in [1.54, 1.807) is 11.3 Å². The number of amides is 1. The van der Waals surface area contributed by atoms with Crippen molar-refractivity contribution >= 4 is 17.2 Å². The summed E-state index contributed by atoms with van der Waals surface area (Å²) < 4.78 is 0. The molecule has 1 heterocycles. The van der Waals surface area contributed by atoms with Crippen LogP contribution in [0.15, 0.2) is 41.1 Å². The molecule has 0 aliphatic carbocycles. The third-order valence-electron chi connectivity index (χ3n) is 2.54. The minimum Gasteiger partial charge on any atom is -0.352 e. The van der Waals surface area contributed by atoms with Crippen LogP contribution in [-0.2, 0) is 0 Å². The molecule has 88 valence electrons. The van der Waals surface area contributed by atoms with Crippen molar-refractivity contribution in [1.29, 1.82) is 0 Å². The Bertz CT molecular complexity index is 473. The van der Waals surface area contributed by atoms with E-state index in [1.165, 1.54) is 5.56 Å². The molecule has 1 N–H and O–H groups in total. The Hall–Kier alpha value is -1.61. The Morgan fingerprint density at radius 2 is 1.94 bits per heavy atom. The topological polar surface area (TPSA) is 29.1 Å². The largest absolute Gasteiger partial charge is 0.352 e. The van der Waals surface area contributed by atoms with E-state index >= 15 is 0 Å². The number of hydrogen-bond donors (Lipinski definition) is 1. The van der Waals surface area contributed by atoms with E-state index in [-0.39, 0.29) is 5.91 Å². The molecule has 1 aromatic heterocycles. The average Bonchev–Trinajstić information content (AvgIpc) is 2.90. The van der Waals surface area contributed by atoms with Gasteiger partial charge in [-0.25, -0.2) is 0 Å². The van der Waals surface area contributed by atoms with Gasteiger partial charge < -0.3 is 5.32 Å². The van der Waals surface area contributed by atoms with Crippen LogP contribution in [-0.4, -0.2) is 12.5 Å². The van der Waals surface area contributed by atoms with E-state index in [1.807, 2.05) is 31.2 Å². The zero-order chi connectivity index (χ0) is 12.1. The van der Waals surface area contributed by atoms with Crippen molar-refractivity contribution in [3.05, 3.63) is 46.7 Å². The number of rotatable bonds is 4. The first-order chi connectivity index (χ1) is 8.31. The highest BCUT2D eigenvalue weighted by atomic mass is 32.1. The maximum Gasteiger partial charge on any atom is 0.251 e. The minimum absolute atomic E-state index is 0.00344. The lowest BCUT2D eigenvalue weighted by atomic mass is 10.1. The van der Waals surface area contributed by atoms with Gasteiger partial charge in [0.25, 0.3) is 5.91 Å². The summed E-state index contributed by atoms with van der Waals surface area (Å²) >= 11 is 1.68. The summed E-state index contributed by atoms with van der Waals surface area (Å²) in [7, 11) is 0. The number of thiophene rings is 1. The Balaban J connectivity index is 2.10. The maximum atomic E-state index is 11.7. The van der Waals surface area contributed by atoms with Crippen molar-refractivity contribution < 1.29 is 4.79 Å². The van der Waals surface area contributed by atoms with Crippen molar-refractivity contribution in [2.24, 2.45) is 0 Å². The number of carbonyl (C=O) groups is 1. The fourth-order valence-corrected chi connectivity index (χ4v) is 2.25. The van der Waals surface area contributed by atoms with Gasteiger partial charge in [-0.05, 0) is 46.5 Å². The zero-order valence-corrected chi connectivity index (χ0v) is 10.6. The van der Waals surface area contributed by atoms with Gasteiger partial charge in [-0.1, -0.05) is 19.1 Å². The molecule has 0 saturated heterocycles. The fourth-order valence-electron chi connectivity index (χ4n) is 1.58. The predicted molar refractivity (Wildman–Crippen MR) is 72.4 cm³/mol.